The average Bonchev–Trinajstić information content (AvgIpc) is 2.69. The van der Waals surface area contributed by atoms with Crippen LogP contribution < -0.4 is 0 Å². The van der Waals surface area contributed by atoms with Crippen molar-refractivity contribution in [1.82, 2.24) is 4.90 Å². The topological polar surface area (TPSA) is 90.0 Å². The fraction of sp³-hybridized carbons (Fsp3) is 0.750. The van der Waals surface area contributed by atoms with Crippen molar-refractivity contribution in [3.05, 3.63) is 12.2 Å². The number of rotatable bonds is 7. The second-order valence-electron chi connectivity index (χ2n) is 5.29. The monoisotopic (exact) mass is 349 g/mol. The van der Waals surface area contributed by atoms with Crippen molar-refractivity contribution in [2.24, 2.45) is 0 Å². The molecule has 1 saturated heterocycles. The Bertz CT molecular complexity index is 548. The van der Waals surface area contributed by atoms with Gasteiger partial charge < -0.3 is 0 Å². The summed E-state index contributed by atoms with van der Waals surface area (Å²) in [6.45, 7) is 3.89. The van der Waals surface area contributed by atoms with Crippen LogP contribution in [-0.2, 0) is 28.5 Å². The zero-order valence-corrected chi connectivity index (χ0v) is 14.6. The molecule has 22 heavy (non-hydrogen) atoms. The average molecular weight is 349 g/mol. The van der Waals surface area contributed by atoms with Crippen molar-refractivity contribution in [2.45, 2.75) is 30.9 Å². The Morgan fingerprint density at radius 3 is 2.68 bits per heavy atom. The SMILES string of the molecule is COC(=O)/C=C/C(OS(C)(=O)=O)C1CSC(C)(C)N1CB=O. The van der Waals surface area contributed by atoms with Crippen LogP contribution >= 0.6 is 11.8 Å². The quantitative estimate of drug-likeness (QED) is 0.279. The summed E-state index contributed by atoms with van der Waals surface area (Å²) in [4.78, 5) is 12.8. The van der Waals surface area contributed by atoms with Crippen LogP contribution in [0.3, 0.4) is 0 Å². The molecule has 1 aliphatic heterocycles. The molecule has 0 aromatic heterocycles. The van der Waals surface area contributed by atoms with Crippen LogP contribution in [-0.4, -0.2) is 69.0 Å². The molecule has 0 N–H and O–H groups in total. The number of carbonyl (C=O) groups excluding carboxylic acids is 1. The summed E-state index contributed by atoms with van der Waals surface area (Å²) in [7, 11) is -1.72. The minimum absolute atomic E-state index is 0.153. The van der Waals surface area contributed by atoms with Gasteiger partial charge in [-0.05, 0) is 0 Å². The number of ether oxygens (including phenoxy) is 1. The van der Waals surface area contributed by atoms with Gasteiger partial charge in [0, 0.05) is 0 Å². The Labute approximate surface area is 135 Å². The summed E-state index contributed by atoms with van der Waals surface area (Å²) in [5, 5.41) is 0. The molecule has 1 heterocycles. The van der Waals surface area contributed by atoms with Gasteiger partial charge in [0.25, 0.3) is 0 Å². The van der Waals surface area contributed by atoms with E-state index in [2.05, 4.69) is 4.74 Å². The van der Waals surface area contributed by atoms with Crippen molar-refractivity contribution in [3.8, 4) is 0 Å². The number of carbonyl (C=O) groups is 1. The number of nitrogens with zero attached hydrogens (tertiary/aromatic N) is 1. The van der Waals surface area contributed by atoms with Crippen LogP contribution in [0.25, 0.3) is 0 Å². The van der Waals surface area contributed by atoms with Crippen LogP contribution in [0.4, 0.5) is 0 Å². The molecule has 1 aliphatic rings. The fourth-order valence-corrected chi connectivity index (χ4v) is 4.16. The third-order valence-electron chi connectivity index (χ3n) is 3.26. The third-order valence-corrected chi connectivity index (χ3v) is 5.28. The van der Waals surface area contributed by atoms with E-state index >= 15 is 0 Å². The van der Waals surface area contributed by atoms with Gasteiger partial charge in [-0.3, -0.25) is 0 Å². The molecule has 7 nitrogen and oxygen atoms in total. The third kappa shape index (κ3) is 5.49. The Hall–Kier alpha value is -0.705. The Balaban J connectivity index is 3.06. The van der Waals surface area contributed by atoms with Crippen molar-refractivity contribution >= 4 is 35.0 Å². The standard InChI is InChI=1S/C12H20BNO6S2/c1-12(2)14(8-13-16)9(7-21-12)10(20-22(4,17)18)5-6-11(15)19-3/h5-6,9-10H,7-8H2,1-4H3/b6-5+. The number of esters is 1. The molecule has 10 heteroatoms. The molecular weight excluding hydrogens is 329 g/mol. The summed E-state index contributed by atoms with van der Waals surface area (Å²) in [6, 6.07) is -0.346. The number of methoxy groups -OCH3 is 1. The molecule has 0 amide bonds. The molecule has 124 valence electrons. The van der Waals surface area contributed by atoms with Gasteiger partial charge in [0.05, 0.1) is 0 Å². The molecular formula is C12H20BNO6S2. The van der Waals surface area contributed by atoms with Crippen LogP contribution in [0.2, 0.25) is 0 Å². The van der Waals surface area contributed by atoms with E-state index in [1.54, 1.807) is 11.8 Å². The Morgan fingerprint density at radius 2 is 2.18 bits per heavy atom. The van der Waals surface area contributed by atoms with E-state index in [0.29, 0.717) is 5.75 Å². The molecule has 0 aliphatic carbocycles. The molecule has 0 saturated carbocycles. The van der Waals surface area contributed by atoms with Gasteiger partial charge in [-0.15, -0.1) is 0 Å². The maximum atomic E-state index is 11.5. The normalized spacial score (nSPS) is 23.4. The van der Waals surface area contributed by atoms with E-state index in [1.165, 1.54) is 13.2 Å². The molecule has 1 rings (SSSR count). The Kier molecular flexibility index (Phi) is 6.78. The van der Waals surface area contributed by atoms with Crippen LogP contribution in [0.1, 0.15) is 13.8 Å². The van der Waals surface area contributed by atoms with E-state index in [9.17, 15) is 17.9 Å². The minimum atomic E-state index is -3.72. The van der Waals surface area contributed by atoms with Crippen molar-refractivity contribution in [1.29, 1.82) is 0 Å². The molecule has 0 bridgehead atoms. The van der Waals surface area contributed by atoms with Crippen LogP contribution in [0.15, 0.2) is 12.2 Å². The van der Waals surface area contributed by atoms with Gasteiger partial charge >= 0.3 is 135 Å². The fourth-order valence-electron chi connectivity index (χ4n) is 2.24. The second-order valence-corrected chi connectivity index (χ2v) is 8.51. The number of hydrogen-bond donors (Lipinski definition) is 0. The zero-order valence-electron chi connectivity index (χ0n) is 13.0. The van der Waals surface area contributed by atoms with Gasteiger partial charge in [0.1, 0.15) is 0 Å². The van der Waals surface area contributed by atoms with Crippen molar-refractivity contribution in [2.75, 3.05) is 25.6 Å². The van der Waals surface area contributed by atoms with Gasteiger partial charge in [-0.1, -0.05) is 0 Å². The first-order valence-corrected chi connectivity index (χ1v) is 9.39. The van der Waals surface area contributed by atoms with E-state index in [-0.39, 0.29) is 17.4 Å². The maximum absolute atomic E-state index is 11.5. The number of hydrogen-bond acceptors (Lipinski definition) is 8. The summed E-state index contributed by atoms with van der Waals surface area (Å²) < 4.78 is 43.5. The van der Waals surface area contributed by atoms with Crippen molar-refractivity contribution < 1.29 is 26.8 Å². The van der Waals surface area contributed by atoms with Gasteiger partial charge in [-0.2, -0.15) is 0 Å². The molecule has 0 aromatic carbocycles. The zero-order chi connectivity index (χ0) is 17.0. The summed E-state index contributed by atoms with van der Waals surface area (Å²) >= 11 is 1.59. The predicted octanol–water partition coefficient (Wildman–Crippen LogP) is 0.221. The first-order valence-electron chi connectivity index (χ1n) is 6.59. The molecule has 0 spiro atoms. The molecule has 2 unspecified atom stereocenters. The molecule has 1 fully saturated rings. The van der Waals surface area contributed by atoms with Crippen LogP contribution in [0, 0.1) is 0 Å². The van der Waals surface area contributed by atoms with Gasteiger partial charge in [0.2, 0.25) is 0 Å². The summed E-state index contributed by atoms with van der Waals surface area (Å²) in [6.07, 6.45) is 2.72. The van der Waals surface area contributed by atoms with Gasteiger partial charge in [-0.25, -0.2) is 0 Å². The van der Waals surface area contributed by atoms with Crippen molar-refractivity contribution in [3.63, 3.8) is 0 Å². The van der Waals surface area contributed by atoms with E-state index in [1.807, 2.05) is 18.7 Å². The van der Waals surface area contributed by atoms with Crippen LogP contribution in [0.5, 0.6) is 0 Å². The predicted molar refractivity (Wildman–Crippen MR) is 84.3 cm³/mol. The van der Waals surface area contributed by atoms with E-state index < -0.39 is 22.2 Å². The summed E-state index contributed by atoms with van der Waals surface area (Å²) in [5.74, 6) is -0.0269. The first-order chi connectivity index (χ1) is 10.1. The van der Waals surface area contributed by atoms with Gasteiger partial charge in [0.15, 0.2) is 0 Å². The first kappa shape index (κ1) is 19.3. The Morgan fingerprint density at radius 1 is 1.55 bits per heavy atom. The summed E-state index contributed by atoms with van der Waals surface area (Å²) in [5.41, 5.74) is 0. The second kappa shape index (κ2) is 7.71. The molecule has 2 atom stereocenters. The number of thioether (sulfide) groups is 1. The van der Waals surface area contributed by atoms with E-state index in [4.69, 9.17) is 4.18 Å². The molecule has 0 radical (unpaired) electrons. The molecule has 0 aromatic rings. The van der Waals surface area contributed by atoms with E-state index in [0.717, 1.165) is 19.5 Å².